The number of carbonyl (C=O) groups is 1. The Labute approximate surface area is 169 Å². The van der Waals surface area contributed by atoms with Gasteiger partial charge in [-0.2, -0.15) is 12.7 Å². The van der Waals surface area contributed by atoms with Crippen LogP contribution in [-0.2, 0) is 10.2 Å². The fraction of sp³-hybridized carbons (Fsp3) is 0.667. The number of fused-ring (bicyclic) bond motifs is 1. The van der Waals surface area contributed by atoms with Gasteiger partial charge in [-0.25, -0.2) is 18.1 Å². The highest BCUT2D eigenvalue weighted by molar-refractivity contribution is 7.90. The Morgan fingerprint density at radius 1 is 1.28 bits per heavy atom. The zero-order valence-corrected chi connectivity index (χ0v) is 17.5. The monoisotopic (exact) mass is 432 g/mol. The van der Waals surface area contributed by atoms with Crippen LogP contribution in [0.3, 0.4) is 0 Å². The Bertz CT molecular complexity index is 865. The van der Waals surface area contributed by atoms with E-state index in [0.29, 0.717) is 0 Å². The Kier molecular flexibility index (Phi) is 6.00. The first kappa shape index (κ1) is 21.7. The molecule has 1 amide bonds. The van der Waals surface area contributed by atoms with Gasteiger partial charge in [0.25, 0.3) is 5.91 Å². The number of hydrogen-bond donors (Lipinski definition) is 1. The molecule has 1 fully saturated rings. The number of ether oxygens (including phenoxy) is 1. The molecule has 3 rings (SSSR count). The lowest BCUT2D eigenvalue weighted by molar-refractivity contribution is 0.0490. The molecule has 0 saturated carbocycles. The average molecular weight is 432 g/mol. The predicted octanol–water partition coefficient (Wildman–Crippen LogP) is 2.03. The third kappa shape index (κ3) is 4.77. The van der Waals surface area contributed by atoms with Gasteiger partial charge >= 0.3 is 10.2 Å². The minimum atomic E-state index is -3.96. The number of carbonyl (C=O) groups excluding carboxylic acids is 1. The number of nitrogens with one attached hydrogen (secondary N) is 1. The van der Waals surface area contributed by atoms with Gasteiger partial charge in [0.05, 0.1) is 12.1 Å². The zero-order chi connectivity index (χ0) is 21.4. The lowest BCUT2D eigenvalue weighted by Gasteiger charge is -2.37. The summed E-state index contributed by atoms with van der Waals surface area (Å²) in [5.74, 6) is -1.05. The summed E-state index contributed by atoms with van der Waals surface area (Å²) in [4.78, 5) is 16.6. The molecule has 0 aromatic carbocycles. The molecule has 0 bridgehead atoms. The van der Waals surface area contributed by atoms with Crippen molar-refractivity contribution >= 4 is 21.8 Å². The van der Waals surface area contributed by atoms with Crippen LogP contribution in [0.2, 0.25) is 0 Å². The fourth-order valence-electron chi connectivity index (χ4n) is 3.35. The van der Waals surface area contributed by atoms with Gasteiger partial charge in [-0.05, 0) is 39.7 Å². The molecular weight excluding hydrogens is 406 g/mol. The van der Waals surface area contributed by atoms with Gasteiger partial charge in [-0.15, -0.1) is 0 Å². The number of alkyl halides is 2. The summed E-state index contributed by atoms with van der Waals surface area (Å²) < 4.78 is 59.9. The van der Waals surface area contributed by atoms with Gasteiger partial charge in [0, 0.05) is 30.7 Å². The van der Waals surface area contributed by atoms with Crippen molar-refractivity contribution in [3.05, 3.63) is 17.8 Å². The third-order valence-electron chi connectivity index (χ3n) is 4.84. The van der Waals surface area contributed by atoms with Crippen molar-refractivity contribution < 1.29 is 26.7 Å². The smallest absolute Gasteiger partial charge is 0.304 e. The number of nitrogens with zero attached hydrogens (tertiary/aromatic N) is 3. The second-order valence-corrected chi connectivity index (χ2v) is 10.1. The molecule has 8 nitrogen and oxygen atoms in total. The lowest BCUT2D eigenvalue weighted by Crippen LogP contribution is -2.50. The molecule has 11 heteroatoms. The van der Waals surface area contributed by atoms with E-state index >= 15 is 0 Å². The van der Waals surface area contributed by atoms with E-state index in [1.54, 1.807) is 0 Å². The number of anilines is 1. The van der Waals surface area contributed by atoms with Gasteiger partial charge < -0.3 is 10.1 Å². The maximum Gasteiger partial charge on any atom is 0.304 e. The largest absolute Gasteiger partial charge is 0.474 e. The number of amides is 1. The number of piperidine rings is 1. The van der Waals surface area contributed by atoms with Gasteiger partial charge in [0.15, 0.2) is 0 Å². The van der Waals surface area contributed by atoms with E-state index in [9.17, 15) is 22.0 Å². The summed E-state index contributed by atoms with van der Waals surface area (Å²) in [6.07, 6.45) is -0.887. The van der Waals surface area contributed by atoms with Crippen LogP contribution < -0.4 is 14.4 Å². The normalized spacial score (nSPS) is 19.0. The van der Waals surface area contributed by atoms with Crippen LogP contribution >= 0.6 is 0 Å². The topological polar surface area (TPSA) is 91.8 Å². The molecule has 0 unspecified atom stereocenters. The summed E-state index contributed by atoms with van der Waals surface area (Å²) in [6.45, 7) is 5.72. The van der Waals surface area contributed by atoms with Crippen LogP contribution in [0.5, 0.6) is 5.88 Å². The molecule has 0 radical (unpaired) electrons. The number of pyridine rings is 1. The van der Waals surface area contributed by atoms with E-state index < -0.39 is 28.1 Å². The number of rotatable bonds is 4. The van der Waals surface area contributed by atoms with Crippen molar-refractivity contribution in [1.29, 1.82) is 0 Å². The highest BCUT2D eigenvalue weighted by Gasteiger charge is 2.38. The SMILES string of the molecule is CC(C)(C)NC(=O)c1cnc2c(c1)N(S(=O)(=O)N1CCC(C(F)F)CC1)CCO2. The number of hydrogen-bond acceptors (Lipinski definition) is 5. The first-order chi connectivity index (χ1) is 13.5. The van der Waals surface area contributed by atoms with Crippen molar-refractivity contribution in [3.8, 4) is 5.88 Å². The van der Waals surface area contributed by atoms with E-state index in [-0.39, 0.29) is 62.1 Å². The second kappa shape index (κ2) is 8.02. The Morgan fingerprint density at radius 3 is 2.52 bits per heavy atom. The first-order valence-corrected chi connectivity index (χ1v) is 10.9. The Morgan fingerprint density at radius 2 is 1.93 bits per heavy atom. The zero-order valence-electron chi connectivity index (χ0n) is 16.7. The maximum atomic E-state index is 13.2. The highest BCUT2D eigenvalue weighted by Crippen LogP contribution is 2.34. The summed E-state index contributed by atoms with van der Waals surface area (Å²) in [7, 11) is -3.96. The van der Waals surface area contributed by atoms with E-state index in [1.165, 1.54) is 16.6 Å². The summed E-state index contributed by atoms with van der Waals surface area (Å²) >= 11 is 0. The first-order valence-electron chi connectivity index (χ1n) is 9.50. The molecule has 1 saturated heterocycles. The van der Waals surface area contributed by atoms with E-state index in [1.807, 2.05) is 20.8 Å². The predicted molar refractivity (Wildman–Crippen MR) is 104 cm³/mol. The summed E-state index contributed by atoms with van der Waals surface area (Å²) in [5, 5.41) is 2.81. The molecule has 29 heavy (non-hydrogen) atoms. The van der Waals surface area contributed by atoms with Crippen LogP contribution in [-0.4, -0.2) is 61.8 Å². The fourth-order valence-corrected chi connectivity index (χ4v) is 4.99. The van der Waals surface area contributed by atoms with Crippen molar-refractivity contribution in [1.82, 2.24) is 14.6 Å². The molecule has 1 aromatic heterocycles. The Hall–Kier alpha value is -2.01. The Balaban J connectivity index is 1.85. The van der Waals surface area contributed by atoms with E-state index in [2.05, 4.69) is 10.3 Å². The number of aromatic nitrogens is 1. The van der Waals surface area contributed by atoms with Gasteiger partial charge in [-0.3, -0.25) is 4.79 Å². The molecular formula is C18H26F2N4O4S. The van der Waals surface area contributed by atoms with Crippen molar-refractivity contribution in [2.45, 2.75) is 45.6 Å². The maximum absolute atomic E-state index is 13.2. The minimum absolute atomic E-state index is 0.0294. The molecule has 0 spiro atoms. The second-order valence-electron chi connectivity index (χ2n) is 8.25. The van der Waals surface area contributed by atoms with Crippen LogP contribution in [0.1, 0.15) is 44.0 Å². The molecule has 2 aliphatic rings. The molecule has 1 N–H and O–H groups in total. The highest BCUT2D eigenvalue weighted by atomic mass is 32.2. The molecule has 1 aromatic rings. The summed E-state index contributed by atoms with van der Waals surface area (Å²) in [5.41, 5.74) is -0.0841. The van der Waals surface area contributed by atoms with E-state index in [0.717, 1.165) is 4.31 Å². The minimum Gasteiger partial charge on any atom is -0.474 e. The quantitative estimate of drug-likeness (QED) is 0.786. The van der Waals surface area contributed by atoms with Crippen LogP contribution in [0.25, 0.3) is 0 Å². The van der Waals surface area contributed by atoms with Gasteiger partial charge in [0.2, 0.25) is 12.3 Å². The lowest BCUT2D eigenvalue weighted by atomic mass is 9.99. The summed E-state index contributed by atoms with van der Waals surface area (Å²) in [6, 6.07) is 1.44. The average Bonchev–Trinajstić information content (AvgIpc) is 2.65. The van der Waals surface area contributed by atoms with Gasteiger partial charge in [-0.1, -0.05) is 0 Å². The molecule has 2 aliphatic heterocycles. The molecule has 0 aliphatic carbocycles. The van der Waals surface area contributed by atoms with Crippen molar-refractivity contribution in [2.75, 3.05) is 30.5 Å². The van der Waals surface area contributed by atoms with Crippen LogP contribution in [0.15, 0.2) is 12.3 Å². The molecule has 3 heterocycles. The standard InChI is InChI=1S/C18H26F2N4O4S/c1-18(2,3)22-16(25)13-10-14-17(21-11-13)28-9-8-24(14)29(26,27)23-6-4-12(5-7-23)15(19)20/h10-12,15H,4-9H2,1-3H3,(H,22,25). The van der Waals surface area contributed by atoms with Crippen molar-refractivity contribution in [3.63, 3.8) is 0 Å². The number of halogens is 2. The molecule has 162 valence electrons. The molecule has 0 atom stereocenters. The van der Waals surface area contributed by atoms with Gasteiger partial charge in [0.1, 0.15) is 12.3 Å². The van der Waals surface area contributed by atoms with Crippen LogP contribution in [0, 0.1) is 5.92 Å². The van der Waals surface area contributed by atoms with E-state index in [4.69, 9.17) is 4.74 Å². The van der Waals surface area contributed by atoms with Crippen molar-refractivity contribution in [2.24, 2.45) is 5.92 Å². The van der Waals surface area contributed by atoms with Crippen LogP contribution in [0.4, 0.5) is 14.5 Å². The third-order valence-corrected chi connectivity index (χ3v) is 6.80.